The Kier molecular flexibility index (Phi) is 6.23. The lowest BCUT2D eigenvalue weighted by molar-refractivity contribution is 0.0524. The highest BCUT2D eigenvalue weighted by atomic mass is 35.5. The second kappa shape index (κ2) is 7.47. The van der Waals surface area contributed by atoms with E-state index in [2.05, 4.69) is 10.3 Å². The minimum atomic E-state index is -0.550. The molecule has 1 heterocycles. The number of halogens is 1. The minimum absolute atomic E-state index is 0.214. The molecule has 1 unspecified atom stereocenters. The Bertz CT molecular complexity index is 489. The molecular weight excluding hydrogens is 294 g/mol. The third-order valence-corrected chi connectivity index (χ3v) is 3.01. The number of methoxy groups -OCH3 is 1. The van der Waals surface area contributed by atoms with Crippen molar-refractivity contribution in [1.29, 1.82) is 0 Å². The Hall–Kier alpha value is -1.53. The molecule has 0 aliphatic heterocycles. The number of aromatic nitrogens is 1. The van der Waals surface area contributed by atoms with Crippen LogP contribution in [0.25, 0.3) is 0 Å². The highest BCUT2D eigenvalue weighted by Gasteiger charge is 2.22. The molecule has 1 aromatic heterocycles. The lowest BCUT2D eigenvalue weighted by atomic mass is 10.0. The molecule has 6 nitrogen and oxygen atoms in total. The van der Waals surface area contributed by atoms with Crippen LogP contribution < -0.4 is 15.8 Å². The Morgan fingerprint density at radius 2 is 2.19 bits per heavy atom. The molecule has 1 rings (SSSR count). The van der Waals surface area contributed by atoms with Crippen molar-refractivity contribution >= 4 is 17.7 Å². The van der Waals surface area contributed by atoms with Crippen LogP contribution in [0, 0.1) is 0 Å². The van der Waals surface area contributed by atoms with E-state index >= 15 is 0 Å². The number of nitrogens with one attached hydrogen (secondary N) is 1. The van der Waals surface area contributed by atoms with Gasteiger partial charge in [0.05, 0.1) is 12.1 Å². The van der Waals surface area contributed by atoms with Gasteiger partial charge in [-0.15, -0.1) is 0 Å². The molecule has 0 radical (unpaired) electrons. The van der Waals surface area contributed by atoms with Crippen molar-refractivity contribution in [3.8, 4) is 5.88 Å². The number of hydrogen-bond donors (Lipinski definition) is 2. The van der Waals surface area contributed by atoms with Crippen LogP contribution in [-0.4, -0.2) is 36.9 Å². The van der Waals surface area contributed by atoms with Crippen molar-refractivity contribution in [3.05, 3.63) is 22.8 Å². The molecular formula is C14H22ClN3O3. The summed E-state index contributed by atoms with van der Waals surface area (Å²) in [6.07, 6.45) is 1.06. The first-order chi connectivity index (χ1) is 9.78. The summed E-state index contributed by atoms with van der Waals surface area (Å²) < 4.78 is 10.4. The summed E-state index contributed by atoms with van der Waals surface area (Å²) in [5.74, 6) is 0.192. The number of hydrogen-bond acceptors (Lipinski definition) is 5. The van der Waals surface area contributed by atoms with Crippen molar-refractivity contribution in [1.82, 2.24) is 10.3 Å². The van der Waals surface area contributed by atoms with E-state index < -0.39 is 11.7 Å². The summed E-state index contributed by atoms with van der Waals surface area (Å²) >= 11 is 6.18. The van der Waals surface area contributed by atoms with Crippen LogP contribution in [0.1, 0.15) is 32.3 Å². The first-order valence-corrected chi connectivity index (χ1v) is 7.01. The number of rotatable bonds is 5. The average Bonchev–Trinajstić information content (AvgIpc) is 2.38. The van der Waals surface area contributed by atoms with E-state index in [0.717, 1.165) is 0 Å². The van der Waals surface area contributed by atoms with Gasteiger partial charge in [-0.2, -0.15) is 0 Å². The lowest BCUT2D eigenvalue weighted by Gasteiger charge is -2.22. The summed E-state index contributed by atoms with van der Waals surface area (Å²) in [6.45, 7) is 5.97. The van der Waals surface area contributed by atoms with Crippen LogP contribution in [0.5, 0.6) is 5.88 Å². The number of nitrogens with zero attached hydrogens (tertiary/aromatic N) is 1. The molecule has 0 aliphatic carbocycles. The molecule has 118 valence electrons. The molecule has 1 atom stereocenters. The molecule has 3 N–H and O–H groups in total. The van der Waals surface area contributed by atoms with Gasteiger partial charge in [0.2, 0.25) is 5.88 Å². The summed E-state index contributed by atoms with van der Waals surface area (Å²) in [5, 5.41) is 3.19. The highest BCUT2D eigenvalue weighted by Crippen LogP contribution is 2.30. The third kappa shape index (κ3) is 5.40. The van der Waals surface area contributed by atoms with Crippen LogP contribution in [-0.2, 0) is 4.74 Å². The largest absolute Gasteiger partial charge is 0.481 e. The molecule has 0 saturated heterocycles. The van der Waals surface area contributed by atoms with Gasteiger partial charge < -0.3 is 20.5 Å². The fourth-order valence-corrected chi connectivity index (χ4v) is 2.08. The Balaban J connectivity index is 2.79. The fraction of sp³-hybridized carbons (Fsp3) is 0.571. The molecule has 1 aromatic rings. The Morgan fingerprint density at radius 3 is 2.71 bits per heavy atom. The van der Waals surface area contributed by atoms with E-state index in [1.54, 1.807) is 33.0 Å². The topological polar surface area (TPSA) is 86.5 Å². The first kappa shape index (κ1) is 17.5. The predicted molar refractivity (Wildman–Crippen MR) is 81.8 cm³/mol. The zero-order chi connectivity index (χ0) is 16.0. The fourth-order valence-electron chi connectivity index (χ4n) is 1.79. The number of alkyl carbamates (subject to hydrolysis) is 1. The molecule has 0 bridgehead atoms. The van der Waals surface area contributed by atoms with E-state index in [1.807, 2.05) is 0 Å². The maximum atomic E-state index is 11.7. The van der Waals surface area contributed by atoms with E-state index in [1.165, 1.54) is 7.11 Å². The Labute approximate surface area is 130 Å². The number of carbonyl (C=O) groups excluding carboxylic acids is 1. The zero-order valence-electron chi connectivity index (χ0n) is 12.8. The first-order valence-electron chi connectivity index (χ1n) is 6.63. The summed E-state index contributed by atoms with van der Waals surface area (Å²) in [6, 6.07) is 1.66. The molecule has 0 saturated carbocycles. The summed E-state index contributed by atoms with van der Waals surface area (Å²) in [7, 11) is 1.51. The smallest absolute Gasteiger partial charge is 0.407 e. The van der Waals surface area contributed by atoms with Gasteiger partial charge in [0, 0.05) is 30.8 Å². The highest BCUT2D eigenvalue weighted by molar-refractivity contribution is 6.31. The maximum absolute atomic E-state index is 11.7. The second-order valence-electron chi connectivity index (χ2n) is 5.53. The number of amides is 1. The Morgan fingerprint density at radius 1 is 1.52 bits per heavy atom. The maximum Gasteiger partial charge on any atom is 0.407 e. The SMILES string of the molecule is COc1nccc(Cl)c1C(CN)CNC(=O)OC(C)(C)C. The number of carbonyl (C=O) groups is 1. The van der Waals surface area contributed by atoms with Crippen molar-refractivity contribution in [2.24, 2.45) is 5.73 Å². The molecule has 0 spiro atoms. The van der Waals surface area contributed by atoms with Gasteiger partial charge in [0.25, 0.3) is 0 Å². The van der Waals surface area contributed by atoms with Gasteiger partial charge in [-0.05, 0) is 26.8 Å². The van der Waals surface area contributed by atoms with Crippen LogP contribution in [0.2, 0.25) is 5.02 Å². The average molecular weight is 316 g/mol. The predicted octanol–water partition coefficient (Wildman–Crippen LogP) is 2.31. The van der Waals surface area contributed by atoms with Crippen molar-refractivity contribution in [2.45, 2.75) is 32.3 Å². The summed E-state index contributed by atoms with van der Waals surface area (Å²) in [5.41, 5.74) is 5.91. The molecule has 0 aromatic carbocycles. The van der Waals surface area contributed by atoms with E-state index in [9.17, 15) is 4.79 Å². The molecule has 0 aliphatic rings. The van der Waals surface area contributed by atoms with Gasteiger partial charge in [-0.25, -0.2) is 9.78 Å². The quantitative estimate of drug-likeness (QED) is 0.870. The lowest BCUT2D eigenvalue weighted by Crippen LogP contribution is -2.36. The minimum Gasteiger partial charge on any atom is -0.481 e. The van der Waals surface area contributed by atoms with Crippen molar-refractivity contribution in [3.63, 3.8) is 0 Å². The van der Waals surface area contributed by atoms with Crippen LogP contribution in [0.3, 0.4) is 0 Å². The molecule has 1 amide bonds. The number of ether oxygens (including phenoxy) is 2. The van der Waals surface area contributed by atoms with E-state index in [-0.39, 0.29) is 19.0 Å². The van der Waals surface area contributed by atoms with Gasteiger partial charge in [0.15, 0.2) is 0 Å². The van der Waals surface area contributed by atoms with Gasteiger partial charge in [-0.3, -0.25) is 0 Å². The standard InChI is InChI=1S/C14H22ClN3O3/c1-14(2,3)21-13(19)18-8-9(7-16)11-10(15)5-6-17-12(11)20-4/h5-6,9H,7-8,16H2,1-4H3,(H,18,19). The van der Waals surface area contributed by atoms with Gasteiger partial charge in [0.1, 0.15) is 5.60 Å². The third-order valence-electron chi connectivity index (χ3n) is 2.68. The molecule has 7 heteroatoms. The zero-order valence-corrected chi connectivity index (χ0v) is 13.5. The molecule has 21 heavy (non-hydrogen) atoms. The van der Waals surface area contributed by atoms with Crippen molar-refractivity contribution in [2.75, 3.05) is 20.2 Å². The van der Waals surface area contributed by atoms with E-state index in [4.69, 9.17) is 26.8 Å². The van der Waals surface area contributed by atoms with Crippen LogP contribution in [0.15, 0.2) is 12.3 Å². The normalized spacial score (nSPS) is 12.7. The second-order valence-corrected chi connectivity index (χ2v) is 5.94. The monoisotopic (exact) mass is 315 g/mol. The van der Waals surface area contributed by atoms with Crippen molar-refractivity contribution < 1.29 is 14.3 Å². The summed E-state index contributed by atoms with van der Waals surface area (Å²) in [4.78, 5) is 15.8. The number of nitrogens with two attached hydrogens (primary N) is 1. The van der Waals surface area contributed by atoms with Gasteiger partial charge in [-0.1, -0.05) is 11.6 Å². The molecule has 0 fully saturated rings. The van der Waals surface area contributed by atoms with Crippen LogP contribution >= 0.6 is 11.6 Å². The van der Waals surface area contributed by atoms with Crippen LogP contribution in [0.4, 0.5) is 4.79 Å². The van der Waals surface area contributed by atoms with Gasteiger partial charge >= 0.3 is 6.09 Å². The van der Waals surface area contributed by atoms with E-state index in [0.29, 0.717) is 16.5 Å². The number of pyridine rings is 1.